The van der Waals surface area contributed by atoms with Crippen LogP contribution in [-0.4, -0.2) is 11.6 Å². The number of hydrogen-bond donors (Lipinski definition) is 1. The lowest BCUT2D eigenvalue weighted by Crippen LogP contribution is -2.44. The third kappa shape index (κ3) is 1.26. The van der Waals surface area contributed by atoms with Crippen LogP contribution in [0.1, 0.15) is 25.7 Å². The Labute approximate surface area is 77.5 Å². The standard InChI is InChI=1S/C7H12N4.ClH/c8-7-2-1-5(4-7)3-6(7)10-11-9;/h5-6H,1-4,8H2;1H. The van der Waals surface area contributed by atoms with Crippen LogP contribution in [0.25, 0.3) is 10.4 Å². The first-order valence-corrected chi connectivity index (χ1v) is 4.08. The summed E-state index contributed by atoms with van der Waals surface area (Å²) in [5.74, 6) is 0.732. The van der Waals surface area contributed by atoms with Gasteiger partial charge in [0.05, 0.1) is 6.04 Å². The number of hydrogen-bond acceptors (Lipinski definition) is 2. The summed E-state index contributed by atoms with van der Waals surface area (Å²) in [7, 11) is 0. The molecule has 2 fully saturated rings. The molecule has 0 saturated heterocycles. The molecule has 0 aromatic rings. The van der Waals surface area contributed by atoms with Crippen LogP contribution in [0.4, 0.5) is 0 Å². The van der Waals surface area contributed by atoms with Crippen LogP contribution in [-0.2, 0) is 0 Å². The predicted molar refractivity (Wildman–Crippen MR) is 49.1 cm³/mol. The maximum atomic E-state index is 8.27. The highest BCUT2D eigenvalue weighted by Gasteiger charge is 2.48. The maximum absolute atomic E-state index is 8.27. The molecule has 2 bridgehead atoms. The minimum absolute atomic E-state index is 0. The molecule has 0 aliphatic heterocycles. The number of nitrogens with zero attached hydrogens (tertiary/aromatic N) is 3. The highest BCUT2D eigenvalue weighted by atomic mass is 35.5. The molecule has 5 heteroatoms. The Balaban J connectivity index is 0.000000720. The Bertz CT molecular complexity index is 225. The molecule has 2 saturated carbocycles. The third-order valence-electron chi connectivity index (χ3n) is 3.10. The molecule has 0 heterocycles. The van der Waals surface area contributed by atoms with Crippen molar-refractivity contribution in [2.24, 2.45) is 16.8 Å². The lowest BCUT2D eigenvalue weighted by Gasteiger charge is -2.27. The van der Waals surface area contributed by atoms with Crippen LogP contribution < -0.4 is 5.73 Å². The lowest BCUT2D eigenvalue weighted by molar-refractivity contribution is 0.360. The average Bonchev–Trinajstić information content (AvgIpc) is 2.44. The first-order chi connectivity index (χ1) is 5.24. The molecule has 2 aliphatic carbocycles. The lowest BCUT2D eigenvalue weighted by atomic mass is 9.90. The number of nitrogens with two attached hydrogens (primary N) is 1. The molecule has 3 unspecified atom stereocenters. The summed E-state index contributed by atoms with van der Waals surface area (Å²) in [6, 6.07) is 0.0752. The molecule has 68 valence electrons. The van der Waals surface area contributed by atoms with Gasteiger partial charge in [-0.15, -0.1) is 12.4 Å². The predicted octanol–water partition coefficient (Wildman–Crippen LogP) is 1.99. The van der Waals surface area contributed by atoms with Crippen molar-refractivity contribution in [3.8, 4) is 0 Å². The molecule has 0 spiro atoms. The second-order valence-electron chi connectivity index (χ2n) is 3.80. The number of halogens is 1. The summed E-state index contributed by atoms with van der Waals surface area (Å²) >= 11 is 0. The van der Waals surface area contributed by atoms with E-state index in [2.05, 4.69) is 10.0 Å². The molecule has 2 aliphatic rings. The van der Waals surface area contributed by atoms with Crippen molar-refractivity contribution in [1.82, 2.24) is 0 Å². The van der Waals surface area contributed by atoms with Gasteiger partial charge in [-0.1, -0.05) is 5.11 Å². The zero-order valence-electron chi connectivity index (χ0n) is 6.81. The van der Waals surface area contributed by atoms with E-state index in [1.807, 2.05) is 0 Å². The smallest absolute Gasteiger partial charge is 0.0556 e. The molecule has 2 N–H and O–H groups in total. The highest BCUT2D eigenvalue weighted by Crippen LogP contribution is 2.47. The molecule has 0 amide bonds. The number of fused-ring (bicyclic) bond motifs is 2. The number of rotatable bonds is 1. The summed E-state index contributed by atoms with van der Waals surface area (Å²) in [4.78, 5) is 2.83. The van der Waals surface area contributed by atoms with Crippen molar-refractivity contribution < 1.29 is 0 Å². The van der Waals surface area contributed by atoms with E-state index < -0.39 is 0 Å². The van der Waals surface area contributed by atoms with E-state index in [4.69, 9.17) is 11.3 Å². The van der Waals surface area contributed by atoms with E-state index in [9.17, 15) is 0 Å². The van der Waals surface area contributed by atoms with Gasteiger partial charge in [0.1, 0.15) is 0 Å². The first kappa shape index (κ1) is 9.65. The summed E-state index contributed by atoms with van der Waals surface area (Å²) in [5.41, 5.74) is 14.2. The van der Waals surface area contributed by atoms with Crippen LogP contribution in [0.2, 0.25) is 0 Å². The molecular weight excluding hydrogens is 176 g/mol. The maximum Gasteiger partial charge on any atom is 0.0556 e. The molecule has 12 heavy (non-hydrogen) atoms. The van der Waals surface area contributed by atoms with Crippen molar-refractivity contribution in [3.63, 3.8) is 0 Å². The molecular formula is C7H13ClN4. The van der Waals surface area contributed by atoms with Gasteiger partial charge >= 0.3 is 0 Å². The van der Waals surface area contributed by atoms with Crippen LogP contribution in [0.15, 0.2) is 5.11 Å². The van der Waals surface area contributed by atoms with Gasteiger partial charge in [0.25, 0.3) is 0 Å². The summed E-state index contributed by atoms with van der Waals surface area (Å²) in [5, 5.41) is 3.73. The Hall–Kier alpha value is -0.440. The summed E-state index contributed by atoms with van der Waals surface area (Å²) < 4.78 is 0. The first-order valence-electron chi connectivity index (χ1n) is 4.08. The highest BCUT2D eigenvalue weighted by molar-refractivity contribution is 5.85. The molecule has 0 radical (unpaired) electrons. The van der Waals surface area contributed by atoms with E-state index in [1.54, 1.807) is 0 Å². The minimum atomic E-state index is -0.142. The van der Waals surface area contributed by atoms with E-state index >= 15 is 0 Å². The average molecular weight is 189 g/mol. The van der Waals surface area contributed by atoms with Gasteiger partial charge in [0.2, 0.25) is 0 Å². The zero-order chi connectivity index (χ0) is 7.90. The Morgan fingerprint density at radius 1 is 1.58 bits per heavy atom. The van der Waals surface area contributed by atoms with E-state index in [1.165, 1.54) is 6.42 Å². The monoisotopic (exact) mass is 188 g/mol. The second kappa shape index (κ2) is 3.13. The number of azide groups is 1. The molecule has 3 atom stereocenters. The Kier molecular flexibility index (Phi) is 2.52. The van der Waals surface area contributed by atoms with E-state index in [0.29, 0.717) is 0 Å². The fourth-order valence-electron chi connectivity index (χ4n) is 2.49. The van der Waals surface area contributed by atoms with Gasteiger partial charge < -0.3 is 5.73 Å². The van der Waals surface area contributed by atoms with Gasteiger partial charge in [0, 0.05) is 10.5 Å². The van der Waals surface area contributed by atoms with E-state index in [0.717, 1.165) is 25.2 Å². The fourth-order valence-corrected chi connectivity index (χ4v) is 2.49. The SMILES string of the molecule is Cl.[N-]=[N+]=NC1CC2CCC1(N)C2. The van der Waals surface area contributed by atoms with Gasteiger partial charge in [-0.2, -0.15) is 0 Å². The second-order valence-corrected chi connectivity index (χ2v) is 3.80. The van der Waals surface area contributed by atoms with Crippen molar-refractivity contribution in [2.75, 3.05) is 0 Å². The van der Waals surface area contributed by atoms with Crippen LogP contribution in [0, 0.1) is 5.92 Å². The Morgan fingerprint density at radius 2 is 2.33 bits per heavy atom. The molecule has 0 aromatic carbocycles. The molecule has 4 nitrogen and oxygen atoms in total. The topological polar surface area (TPSA) is 74.8 Å². The van der Waals surface area contributed by atoms with Crippen molar-refractivity contribution in [1.29, 1.82) is 0 Å². The minimum Gasteiger partial charge on any atom is -0.325 e. The van der Waals surface area contributed by atoms with E-state index in [-0.39, 0.29) is 24.0 Å². The largest absolute Gasteiger partial charge is 0.325 e. The van der Waals surface area contributed by atoms with Gasteiger partial charge in [-0.25, -0.2) is 0 Å². The zero-order valence-corrected chi connectivity index (χ0v) is 7.63. The molecule has 2 rings (SSSR count). The summed E-state index contributed by atoms with van der Waals surface area (Å²) in [6.07, 6.45) is 4.35. The summed E-state index contributed by atoms with van der Waals surface area (Å²) in [6.45, 7) is 0. The normalized spacial score (nSPS) is 43.4. The van der Waals surface area contributed by atoms with Crippen LogP contribution >= 0.6 is 12.4 Å². The van der Waals surface area contributed by atoms with Gasteiger partial charge in [-0.05, 0) is 37.1 Å². The fraction of sp³-hybridized carbons (Fsp3) is 1.00. The van der Waals surface area contributed by atoms with Crippen molar-refractivity contribution in [2.45, 2.75) is 37.3 Å². The van der Waals surface area contributed by atoms with Gasteiger partial charge in [0.15, 0.2) is 0 Å². The van der Waals surface area contributed by atoms with Gasteiger partial charge in [-0.3, -0.25) is 0 Å². The van der Waals surface area contributed by atoms with Crippen LogP contribution in [0.3, 0.4) is 0 Å². The van der Waals surface area contributed by atoms with Crippen LogP contribution in [0.5, 0.6) is 0 Å². The van der Waals surface area contributed by atoms with Crippen molar-refractivity contribution >= 4 is 12.4 Å². The third-order valence-corrected chi connectivity index (χ3v) is 3.10. The molecule has 0 aromatic heterocycles. The Morgan fingerprint density at radius 3 is 2.75 bits per heavy atom. The van der Waals surface area contributed by atoms with Crippen molar-refractivity contribution in [3.05, 3.63) is 10.4 Å². The quantitative estimate of drug-likeness (QED) is 0.381.